The van der Waals surface area contributed by atoms with E-state index in [-0.39, 0.29) is 37.5 Å². The summed E-state index contributed by atoms with van der Waals surface area (Å²) >= 11 is 1.44. The van der Waals surface area contributed by atoms with Crippen LogP contribution in [0.3, 0.4) is 0 Å². The Morgan fingerprint density at radius 3 is 1.62 bits per heavy atom. The van der Waals surface area contributed by atoms with Gasteiger partial charge in [0, 0.05) is 6.42 Å². The Morgan fingerprint density at radius 2 is 1.11 bits per heavy atom. The van der Waals surface area contributed by atoms with Crippen molar-refractivity contribution in [2.75, 3.05) is 12.0 Å². The van der Waals surface area contributed by atoms with Crippen molar-refractivity contribution in [2.45, 2.75) is 109 Å². The van der Waals surface area contributed by atoms with Gasteiger partial charge in [0.1, 0.15) is 30.2 Å². The average Bonchev–Trinajstić information content (AvgIpc) is 3.06. The number of hydrogen-bond donors (Lipinski definition) is 9. The molecule has 0 heterocycles. The van der Waals surface area contributed by atoms with E-state index in [1.165, 1.54) is 11.8 Å². The summed E-state index contributed by atoms with van der Waals surface area (Å²) in [4.78, 5) is 102. The fourth-order valence-corrected chi connectivity index (χ4v) is 5.65. The summed E-state index contributed by atoms with van der Waals surface area (Å²) in [6, 6.07) is 1.25. The molecule has 18 heteroatoms. The third kappa shape index (κ3) is 18.6. The molecule has 17 nitrogen and oxygen atoms in total. The number of nitrogens with two attached hydrogens (primary N) is 2. The lowest BCUT2D eigenvalue weighted by Crippen LogP contribution is -2.60. The molecule has 0 saturated heterocycles. The number of rotatable bonds is 25. The van der Waals surface area contributed by atoms with E-state index in [0.29, 0.717) is 5.75 Å². The second-order valence-electron chi connectivity index (χ2n) is 13.6. The molecule has 53 heavy (non-hydrogen) atoms. The number of hydrogen-bond acceptors (Lipinski definition) is 10. The van der Waals surface area contributed by atoms with E-state index in [1.807, 2.05) is 36.6 Å². The topological polar surface area (TPSA) is 289 Å². The Balaban J connectivity index is 3.24. The first kappa shape index (κ1) is 46.3. The van der Waals surface area contributed by atoms with Gasteiger partial charge in [-0.2, -0.15) is 11.8 Å². The molecule has 0 aromatic heterocycles. The third-order valence-electron chi connectivity index (χ3n) is 7.86. The van der Waals surface area contributed by atoms with Gasteiger partial charge in [-0.3, -0.25) is 33.6 Å². The third-order valence-corrected chi connectivity index (χ3v) is 8.50. The van der Waals surface area contributed by atoms with Crippen LogP contribution in [0.2, 0.25) is 0 Å². The number of thioether (sulfide) groups is 1. The molecule has 0 aliphatic rings. The van der Waals surface area contributed by atoms with Gasteiger partial charge in [0.2, 0.25) is 35.4 Å². The van der Waals surface area contributed by atoms with E-state index in [2.05, 4.69) is 26.6 Å². The second kappa shape index (κ2) is 23.8. The van der Waals surface area contributed by atoms with E-state index in [9.17, 15) is 48.6 Å². The molecule has 6 atom stereocenters. The fourth-order valence-electron chi connectivity index (χ4n) is 5.18. The summed E-state index contributed by atoms with van der Waals surface area (Å²) < 4.78 is 0. The zero-order valence-electron chi connectivity index (χ0n) is 30.9. The molecule has 0 spiro atoms. The minimum atomic E-state index is -1.65. The molecule has 0 bridgehead atoms. The molecule has 296 valence electrons. The van der Waals surface area contributed by atoms with Gasteiger partial charge in [-0.25, -0.2) is 4.79 Å². The van der Waals surface area contributed by atoms with Crippen molar-refractivity contribution in [1.82, 2.24) is 26.6 Å². The maximum Gasteiger partial charge on any atom is 0.326 e. The molecule has 11 N–H and O–H groups in total. The number of carbonyl (C=O) groups excluding carboxylic acids is 6. The summed E-state index contributed by atoms with van der Waals surface area (Å²) in [6.07, 6.45) is 0.617. The van der Waals surface area contributed by atoms with Crippen LogP contribution in [0.4, 0.5) is 0 Å². The molecular weight excluding hydrogens is 710 g/mol. The van der Waals surface area contributed by atoms with Crippen LogP contribution >= 0.6 is 11.8 Å². The number of carboxylic acid groups (broad SMARTS) is 2. The zero-order valence-corrected chi connectivity index (χ0v) is 31.7. The van der Waals surface area contributed by atoms with Gasteiger partial charge in [0.05, 0.1) is 12.5 Å². The maximum atomic E-state index is 13.7. The quantitative estimate of drug-likeness (QED) is 0.0618. The molecule has 1 aromatic rings. The molecule has 0 fully saturated rings. The van der Waals surface area contributed by atoms with E-state index >= 15 is 0 Å². The first-order valence-electron chi connectivity index (χ1n) is 17.4. The van der Waals surface area contributed by atoms with Gasteiger partial charge in [0.15, 0.2) is 0 Å². The Morgan fingerprint density at radius 1 is 0.660 bits per heavy atom. The predicted molar refractivity (Wildman–Crippen MR) is 198 cm³/mol. The largest absolute Gasteiger partial charge is 0.481 e. The van der Waals surface area contributed by atoms with Crippen molar-refractivity contribution in [2.24, 2.45) is 23.3 Å². The highest BCUT2D eigenvalue weighted by Gasteiger charge is 2.34. The van der Waals surface area contributed by atoms with Crippen LogP contribution in [0.25, 0.3) is 0 Å². The number of benzene rings is 1. The predicted octanol–water partition coefficient (Wildman–Crippen LogP) is -0.349. The molecule has 0 radical (unpaired) electrons. The number of nitrogens with one attached hydrogen (secondary N) is 5. The average molecular weight is 766 g/mol. The number of carbonyl (C=O) groups is 8. The first-order valence-corrected chi connectivity index (χ1v) is 18.8. The van der Waals surface area contributed by atoms with Crippen LogP contribution < -0.4 is 38.1 Å². The van der Waals surface area contributed by atoms with Crippen LogP contribution in [0.15, 0.2) is 30.3 Å². The standard InChI is InChI=1S/C35H55N7O10S/c1-19(2)15-25(40-32(48)24(13-14-53-5)38-30(46)22(36)17-21-9-7-6-8-10-21)33(49)39-23(11-12-29(44)45)31(47)41-26(18-28(37)43)34(50)42-27(35(51)52)16-20(3)4/h6-10,19-20,22-27H,11-18,36H2,1-5H3,(H2,37,43)(H,38,46)(H,39,49)(H,40,48)(H,41,47)(H,42,50)(H,44,45)(H,51,52). The summed E-state index contributed by atoms with van der Waals surface area (Å²) in [5.41, 5.74) is 12.3. The summed E-state index contributed by atoms with van der Waals surface area (Å²) in [5, 5.41) is 31.2. The van der Waals surface area contributed by atoms with Crippen LogP contribution in [0.5, 0.6) is 0 Å². The molecule has 0 aliphatic heterocycles. The first-order chi connectivity index (χ1) is 24.8. The molecule has 6 amide bonds. The maximum absolute atomic E-state index is 13.7. The Labute approximate surface area is 313 Å². The van der Waals surface area contributed by atoms with Crippen molar-refractivity contribution < 1.29 is 48.6 Å². The van der Waals surface area contributed by atoms with E-state index in [0.717, 1.165) is 5.56 Å². The number of primary amides is 1. The molecule has 1 aromatic carbocycles. The molecular formula is C35H55N7O10S. The summed E-state index contributed by atoms with van der Waals surface area (Å²) in [5.74, 6) is -7.64. The van der Waals surface area contributed by atoms with Crippen LogP contribution in [-0.2, 0) is 44.8 Å². The smallest absolute Gasteiger partial charge is 0.326 e. The molecule has 1 rings (SSSR count). The van der Waals surface area contributed by atoms with Crippen molar-refractivity contribution in [1.29, 1.82) is 0 Å². The van der Waals surface area contributed by atoms with Gasteiger partial charge in [-0.1, -0.05) is 58.0 Å². The van der Waals surface area contributed by atoms with Crippen LogP contribution in [0.1, 0.15) is 71.8 Å². The number of aliphatic carboxylic acids is 2. The minimum Gasteiger partial charge on any atom is -0.481 e. The molecule has 6 unspecified atom stereocenters. The lowest BCUT2D eigenvalue weighted by Gasteiger charge is -2.27. The van der Waals surface area contributed by atoms with Crippen molar-refractivity contribution in [3.05, 3.63) is 35.9 Å². The minimum absolute atomic E-state index is 0.0425. The lowest BCUT2D eigenvalue weighted by atomic mass is 10.0. The molecule has 0 aliphatic carbocycles. The zero-order chi connectivity index (χ0) is 40.2. The van der Waals surface area contributed by atoms with Crippen molar-refractivity contribution >= 4 is 59.1 Å². The van der Waals surface area contributed by atoms with Crippen molar-refractivity contribution in [3.63, 3.8) is 0 Å². The summed E-state index contributed by atoms with van der Waals surface area (Å²) in [7, 11) is 0. The highest BCUT2D eigenvalue weighted by atomic mass is 32.2. The fraction of sp³-hybridized carbons (Fsp3) is 0.600. The van der Waals surface area contributed by atoms with Gasteiger partial charge in [-0.05, 0) is 61.5 Å². The monoisotopic (exact) mass is 765 g/mol. The van der Waals surface area contributed by atoms with Gasteiger partial charge < -0.3 is 48.3 Å². The highest BCUT2D eigenvalue weighted by molar-refractivity contribution is 7.98. The van der Waals surface area contributed by atoms with Crippen molar-refractivity contribution in [3.8, 4) is 0 Å². The SMILES string of the molecule is CSCCC(NC(=O)C(N)Cc1ccccc1)C(=O)NC(CC(C)C)C(=O)NC(CCC(=O)O)C(=O)NC(CC(N)=O)C(=O)NC(CC(C)C)C(=O)O. The highest BCUT2D eigenvalue weighted by Crippen LogP contribution is 2.11. The van der Waals surface area contributed by atoms with Gasteiger partial charge in [-0.15, -0.1) is 0 Å². The number of amides is 6. The Hall–Kier alpha value is -4.71. The van der Waals surface area contributed by atoms with Gasteiger partial charge >= 0.3 is 11.9 Å². The Kier molecular flexibility index (Phi) is 20.8. The number of carboxylic acids is 2. The lowest BCUT2D eigenvalue weighted by molar-refractivity contribution is -0.143. The molecule has 0 saturated carbocycles. The van der Waals surface area contributed by atoms with Crippen LogP contribution in [0, 0.1) is 11.8 Å². The van der Waals surface area contributed by atoms with Gasteiger partial charge in [0.25, 0.3) is 0 Å². The summed E-state index contributed by atoms with van der Waals surface area (Å²) in [6.45, 7) is 7.04. The second-order valence-corrected chi connectivity index (χ2v) is 14.6. The van der Waals surface area contributed by atoms with E-state index in [4.69, 9.17) is 11.5 Å². The van der Waals surface area contributed by atoms with E-state index < -0.39 is 103 Å². The van der Waals surface area contributed by atoms with Crippen LogP contribution in [-0.4, -0.2) is 106 Å². The Bertz CT molecular complexity index is 1410. The normalized spacial score (nSPS) is 14.5. The van der Waals surface area contributed by atoms with E-state index in [1.54, 1.807) is 27.7 Å².